The maximum absolute atomic E-state index is 14.2. The molecule has 4 heterocycles. The Bertz CT molecular complexity index is 1270. The van der Waals surface area contributed by atoms with Crippen LogP contribution in [-0.2, 0) is 0 Å². The zero-order valence-corrected chi connectivity index (χ0v) is 16.3. The summed E-state index contributed by atoms with van der Waals surface area (Å²) in [5.74, 6) is -0.547. The maximum atomic E-state index is 14.2. The van der Waals surface area contributed by atoms with E-state index in [1.165, 1.54) is 17.4 Å². The van der Waals surface area contributed by atoms with Crippen LogP contribution >= 0.6 is 22.9 Å². The van der Waals surface area contributed by atoms with Gasteiger partial charge in [-0.15, -0.1) is 11.3 Å². The summed E-state index contributed by atoms with van der Waals surface area (Å²) in [4.78, 5) is 21.6. The molecule has 5 nitrogen and oxygen atoms in total. The second-order valence-electron chi connectivity index (χ2n) is 6.75. The number of aromatic nitrogens is 2. The van der Waals surface area contributed by atoms with Gasteiger partial charge in [0.1, 0.15) is 10.0 Å². The van der Waals surface area contributed by atoms with Crippen LogP contribution in [0.1, 0.15) is 16.6 Å². The minimum Gasteiger partial charge on any atom is -0.381 e. The van der Waals surface area contributed by atoms with Gasteiger partial charge < -0.3 is 10.6 Å². The fourth-order valence-electron chi connectivity index (χ4n) is 3.49. The first kappa shape index (κ1) is 17.3. The van der Waals surface area contributed by atoms with Crippen molar-refractivity contribution < 1.29 is 9.18 Å². The highest BCUT2D eigenvalue weighted by Crippen LogP contribution is 2.41. The minimum absolute atomic E-state index is 0.0428. The predicted octanol–water partition coefficient (Wildman–Crippen LogP) is 4.85. The van der Waals surface area contributed by atoms with Crippen LogP contribution in [0.2, 0.25) is 5.15 Å². The number of nitrogens with zero attached hydrogens (tertiary/aromatic N) is 2. The van der Waals surface area contributed by atoms with E-state index in [0.717, 1.165) is 32.9 Å². The number of carbonyl (C=O) groups is 1. The van der Waals surface area contributed by atoms with Gasteiger partial charge in [-0.1, -0.05) is 11.6 Å². The van der Waals surface area contributed by atoms with Crippen molar-refractivity contribution in [2.75, 3.05) is 11.9 Å². The zero-order chi connectivity index (χ0) is 19.4. The van der Waals surface area contributed by atoms with Crippen LogP contribution in [0.5, 0.6) is 0 Å². The van der Waals surface area contributed by atoms with E-state index in [-0.39, 0.29) is 17.1 Å². The third-order valence-corrected chi connectivity index (χ3v) is 6.15. The first-order valence-corrected chi connectivity index (χ1v) is 9.93. The van der Waals surface area contributed by atoms with E-state index in [1.807, 2.05) is 25.1 Å². The largest absolute Gasteiger partial charge is 0.381 e. The summed E-state index contributed by atoms with van der Waals surface area (Å²) >= 11 is 7.37. The molecule has 1 atom stereocenters. The Kier molecular flexibility index (Phi) is 3.96. The summed E-state index contributed by atoms with van der Waals surface area (Å²) in [6.07, 6.45) is 1.09. The van der Waals surface area contributed by atoms with Crippen molar-refractivity contribution in [1.29, 1.82) is 0 Å². The fraction of sp³-hybridized carbons (Fsp3) is 0.150. The molecule has 0 fully saturated rings. The molecule has 1 aliphatic heterocycles. The lowest BCUT2D eigenvalue weighted by molar-refractivity contribution is 0.0949. The SMILES string of the molecule is C[C@@H]1CNc2c(sc3ccc4nc(-c5cc(Cl)ncc5F)ccc4c23)C(=O)N1. The number of anilines is 1. The number of carbonyl (C=O) groups excluding carboxylic acids is 1. The van der Waals surface area contributed by atoms with Crippen LogP contribution in [0.3, 0.4) is 0 Å². The minimum atomic E-state index is -0.478. The third kappa shape index (κ3) is 2.70. The molecular weight excluding hydrogens is 399 g/mol. The molecule has 1 amide bonds. The monoisotopic (exact) mass is 412 g/mol. The van der Waals surface area contributed by atoms with Crippen LogP contribution < -0.4 is 10.6 Å². The van der Waals surface area contributed by atoms with Gasteiger partial charge in [-0.3, -0.25) is 4.79 Å². The molecule has 0 saturated carbocycles. The van der Waals surface area contributed by atoms with Crippen molar-refractivity contribution in [3.8, 4) is 11.3 Å². The molecule has 8 heteroatoms. The highest BCUT2D eigenvalue weighted by Gasteiger charge is 2.24. The smallest absolute Gasteiger partial charge is 0.263 e. The molecule has 5 rings (SSSR count). The number of amides is 1. The average molecular weight is 413 g/mol. The first-order chi connectivity index (χ1) is 13.5. The van der Waals surface area contributed by atoms with Crippen molar-refractivity contribution in [1.82, 2.24) is 15.3 Å². The van der Waals surface area contributed by atoms with Crippen molar-refractivity contribution in [2.45, 2.75) is 13.0 Å². The fourth-order valence-corrected chi connectivity index (χ4v) is 4.74. The Balaban J connectivity index is 1.73. The second-order valence-corrected chi connectivity index (χ2v) is 8.19. The van der Waals surface area contributed by atoms with E-state index in [0.29, 0.717) is 22.7 Å². The van der Waals surface area contributed by atoms with E-state index in [1.54, 1.807) is 6.07 Å². The number of rotatable bonds is 1. The zero-order valence-electron chi connectivity index (χ0n) is 14.7. The number of hydrogen-bond donors (Lipinski definition) is 2. The van der Waals surface area contributed by atoms with Gasteiger partial charge in [0.15, 0.2) is 5.82 Å². The lowest BCUT2D eigenvalue weighted by atomic mass is 10.1. The number of hydrogen-bond acceptors (Lipinski definition) is 5. The molecule has 4 aromatic rings. The van der Waals surface area contributed by atoms with E-state index in [9.17, 15) is 9.18 Å². The molecule has 3 aromatic heterocycles. The Hall–Kier alpha value is -2.77. The van der Waals surface area contributed by atoms with Crippen molar-refractivity contribution in [3.05, 3.63) is 52.4 Å². The molecule has 1 aliphatic rings. The van der Waals surface area contributed by atoms with Crippen LogP contribution in [-0.4, -0.2) is 28.5 Å². The maximum Gasteiger partial charge on any atom is 0.263 e. The topological polar surface area (TPSA) is 66.9 Å². The van der Waals surface area contributed by atoms with E-state index in [2.05, 4.69) is 20.6 Å². The number of thiophene rings is 1. The van der Waals surface area contributed by atoms with Crippen molar-refractivity contribution in [3.63, 3.8) is 0 Å². The van der Waals surface area contributed by atoms with Gasteiger partial charge in [-0.05, 0) is 37.3 Å². The van der Waals surface area contributed by atoms with E-state index >= 15 is 0 Å². The molecule has 0 saturated heterocycles. The van der Waals surface area contributed by atoms with Gasteiger partial charge in [-0.25, -0.2) is 14.4 Å². The average Bonchev–Trinajstić information content (AvgIpc) is 3.00. The summed E-state index contributed by atoms with van der Waals surface area (Å²) < 4.78 is 15.2. The van der Waals surface area contributed by atoms with Gasteiger partial charge in [0.25, 0.3) is 5.91 Å². The summed E-state index contributed by atoms with van der Waals surface area (Å²) in [7, 11) is 0. The van der Waals surface area contributed by atoms with Gasteiger partial charge in [0, 0.05) is 33.6 Å². The molecular formula is C20H14ClFN4OS. The van der Waals surface area contributed by atoms with E-state index < -0.39 is 5.82 Å². The second kappa shape index (κ2) is 6.39. The predicted molar refractivity (Wildman–Crippen MR) is 111 cm³/mol. The molecule has 28 heavy (non-hydrogen) atoms. The number of halogens is 2. The number of nitrogens with one attached hydrogen (secondary N) is 2. The number of benzene rings is 1. The summed E-state index contributed by atoms with van der Waals surface area (Å²) in [5.41, 5.74) is 2.34. The van der Waals surface area contributed by atoms with Gasteiger partial charge in [0.2, 0.25) is 0 Å². The first-order valence-electron chi connectivity index (χ1n) is 8.73. The molecule has 0 bridgehead atoms. The molecule has 0 radical (unpaired) electrons. The van der Waals surface area contributed by atoms with Gasteiger partial charge >= 0.3 is 0 Å². The standard InChI is InChI=1S/C20H14ClFN4OS/c1-9-7-24-18-17-10-2-3-14(11-6-16(21)23-8-12(11)22)26-13(10)4-5-15(17)28-19(18)20(27)25-9/h2-6,8-9,24H,7H2,1H3,(H,25,27)/t9-/m1/s1. The van der Waals surface area contributed by atoms with Crippen molar-refractivity contribution in [2.24, 2.45) is 0 Å². The Morgan fingerprint density at radius 1 is 1.29 bits per heavy atom. The molecule has 140 valence electrons. The van der Waals surface area contributed by atoms with Crippen LogP contribution in [0, 0.1) is 5.82 Å². The summed E-state index contributed by atoms with van der Waals surface area (Å²) in [6, 6.07) is 9.02. The molecule has 0 aliphatic carbocycles. The Labute approximate surface area is 168 Å². The lowest BCUT2D eigenvalue weighted by Crippen LogP contribution is -2.34. The summed E-state index contributed by atoms with van der Waals surface area (Å²) in [6.45, 7) is 2.61. The quantitative estimate of drug-likeness (QED) is 0.439. The molecule has 1 aromatic carbocycles. The Morgan fingerprint density at radius 3 is 3.00 bits per heavy atom. The van der Waals surface area contributed by atoms with Gasteiger partial charge in [0.05, 0.1) is 23.1 Å². The third-order valence-electron chi connectivity index (χ3n) is 4.79. The van der Waals surface area contributed by atoms with Crippen LogP contribution in [0.15, 0.2) is 36.5 Å². The van der Waals surface area contributed by atoms with Crippen LogP contribution in [0.4, 0.5) is 10.1 Å². The molecule has 0 unspecified atom stereocenters. The summed E-state index contributed by atoms with van der Waals surface area (Å²) in [5, 5.41) is 8.47. The normalized spacial score (nSPS) is 16.5. The van der Waals surface area contributed by atoms with Gasteiger partial charge in [-0.2, -0.15) is 0 Å². The molecule has 0 spiro atoms. The highest BCUT2D eigenvalue weighted by molar-refractivity contribution is 7.21. The Morgan fingerprint density at radius 2 is 2.14 bits per heavy atom. The number of fused-ring (bicyclic) bond motifs is 5. The number of pyridine rings is 2. The lowest BCUT2D eigenvalue weighted by Gasteiger charge is -2.10. The molecule has 2 N–H and O–H groups in total. The van der Waals surface area contributed by atoms with Crippen molar-refractivity contribution >= 4 is 55.5 Å². The van der Waals surface area contributed by atoms with Crippen LogP contribution in [0.25, 0.3) is 32.2 Å². The highest BCUT2D eigenvalue weighted by atomic mass is 35.5. The van der Waals surface area contributed by atoms with E-state index in [4.69, 9.17) is 11.6 Å².